The van der Waals surface area contributed by atoms with Gasteiger partial charge in [0.2, 0.25) is 5.91 Å². The highest BCUT2D eigenvalue weighted by molar-refractivity contribution is 7.56. The van der Waals surface area contributed by atoms with Gasteiger partial charge in [-0.1, -0.05) is 0 Å². The molecule has 0 aliphatic carbocycles. The van der Waals surface area contributed by atoms with E-state index in [0.717, 1.165) is 13.8 Å². The number of rotatable bonds is 24. The van der Waals surface area contributed by atoms with Gasteiger partial charge in [0, 0.05) is 66.6 Å². The van der Waals surface area contributed by atoms with Crippen LogP contribution in [0.2, 0.25) is 0 Å². The summed E-state index contributed by atoms with van der Waals surface area (Å²) >= 11 is 0. The summed E-state index contributed by atoms with van der Waals surface area (Å²) in [6, 6.07) is 0.482. The molecule has 9 atom stereocenters. The van der Waals surface area contributed by atoms with Gasteiger partial charge in [-0.05, 0) is 33.8 Å². The fourth-order valence-corrected chi connectivity index (χ4v) is 10.4. The zero-order valence-corrected chi connectivity index (χ0v) is 36.0. The molecular formula is C37H62N5O16P. The van der Waals surface area contributed by atoms with Crippen LogP contribution in [-0.2, 0) is 67.3 Å². The summed E-state index contributed by atoms with van der Waals surface area (Å²) in [5, 5.41) is 23.6. The molecule has 2 fully saturated rings. The fourth-order valence-electron chi connectivity index (χ4n) is 7.03. The number of aliphatic hydroxyl groups excluding tert-OH is 2. The van der Waals surface area contributed by atoms with Gasteiger partial charge < -0.3 is 63.9 Å². The molecule has 22 heteroatoms. The number of hydrogen-bond donors (Lipinski definition) is 4. The molecule has 2 aliphatic rings. The van der Waals surface area contributed by atoms with E-state index in [9.17, 15) is 34.2 Å². The van der Waals surface area contributed by atoms with Crippen LogP contribution in [0.5, 0.6) is 0 Å². The summed E-state index contributed by atoms with van der Waals surface area (Å²) in [4.78, 5) is 64.8. The van der Waals surface area contributed by atoms with Crippen LogP contribution in [0.1, 0.15) is 61.8 Å². The van der Waals surface area contributed by atoms with E-state index in [2.05, 4.69) is 15.0 Å². The van der Waals surface area contributed by atoms with Gasteiger partial charge in [0.25, 0.3) is 0 Å². The summed E-state index contributed by atoms with van der Waals surface area (Å²) in [5.41, 5.74) is 3.86. The second-order valence-corrected chi connectivity index (χ2v) is 16.9. The van der Waals surface area contributed by atoms with E-state index >= 15 is 0 Å². The van der Waals surface area contributed by atoms with Crippen molar-refractivity contribution in [2.75, 3.05) is 71.4 Å². The minimum absolute atomic E-state index is 0.0260. The van der Waals surface area contributed by atoms with Gasteiger partial charge in [-0.2, -0.15) is 4.98 Å². The van der Waals surface area contributed by atoms with Crippen molar-refractivity contribution in [3.05, 3.63) is 22.7 Å². The Morgan fingerprint density at radius 1 is 0.932 bits per heavy atom. The molecule has 1 aromatic heterocycles. The van der Waals surface area contributed by atoms with Crippen molar-refractivity contribution in [3.8, 4) is 0 Å². The molecule has 59 heavy (non-hydrogen) atoms. The Hall–Kier alpha value is -3.37. The largest absolute Gasteiger partial charge is 0.463 e. The first kappa shape index (κ1) is 50.0. The maximum absolute atomic E-state index is 13.2. The number of anilines is 1. The first-order valence-corrected chi connectivity index (χ1v) is 21.0. The van der Waals surface area contributed by atoms with Gasteiger partial charge in [-0.25, -0.2) is 4.79 Å². The Morgan fingerprint density at radius 3 is 2.02 bits per heavy atom. The lowest BCUT2D eigenvalue weighted by molar-refractivity contribution is -0.279. The number of amides is 1. The van der Waals surface area contributed by atoms with Crippen molar-refractivity contribution < 1.29 is 72.0 Å². The molecule has 2 aliphatic heterocycles. The Balaban J connectivity index is 1.53. The van der Waals surface area contributed by atoms with Crippen LogP contribution in [0.4, 0.5) is 5.82 Å². The van der Waals surface area contributed by atoms with Crippen molar-refractivity contribution >= 4 is 37.7 Å². The summed E-state index contributed by atoms with van der Waals surface area (Å²) in [6.45, 7) is 13.4. The van der Waals surface area contributed by atoms with Crippen LogP contribution >= 0.6 is 8.07 Å². The maximum atomic E-state index is 13.2. The highest BCUT2D eigenvalue weighted by Gasteiger charge is 2.55. The number of carbonyl (C=O) groups excluding carboxylic acids is 4. The van der Waals surface area contributed by atoms with Gasteiger partial charge in [0.1, 0.15) is 30.7 Å². The molecule has 2 saturated heterocycles. The van der Waals surface area contributed by atoms with E-state index < -0.39 is 92.5 Å². The minimum atomic E-state index is -1.38. The minimum Gasteiger partial charge on any atom is -0.463 e. The Morgan fingerprint density at radius 2 is 1.51 bits per heavy atom. The lowest BCUT2D eigenvalue weighted by Gasteiger charge is -2.47. The van der Waals surface area contributed by atoms with E-state index in [0.29, 0.717) is 6.16 Å². The van der Waals surface area contributed by atoms with Gasteiger partial charge in [-0.3, -0.25) is 28.4 Å². The number of ether oxygens (including phenoxy) is 9. The lowest BCUT2D eigenvalue weighted by Crippen LogP contribution is -2.66. The van der Waals surface area contributed by atoms with Crippen molar-refractivity contribution in [2.45, 2.75) is 122 Å². The Labute approximate surface area is 345 Å². The van der Waals surface area contributed by atoms with E-state index in [1.165, 1.54) is 30.7 Å². The molecule has 0 saturated carbocycles. The summed E-state index contributed by atoms with van der Waals surface area (Å²) in [6.07, 6.45) is -4.65. The molecule has 3 rings (SSSR count). The van der Waals surface area contributed by atoms with Crippen molar-refractivity contribution in [1.29, 1.82) is 0 Å². The van der Waals surface area contributed by atoms with E-state index in [1.54, 1.807) is 0 Å². The fraction of sp³-hybridized carbons (Fsp3) is 0.784. The molecule has 1 unspecified atom stereocenters. The molecule has 3 heterocycles. The van der Waals surface area contributed by atoms with Crippen molar-refractivity contribution in [3.63, 3.8) is 0 Å². The van der Waals surface area contributed by atoms with Crippen LogP contribution < -0.4 is 16.7 Å². The van der Waals surface area contributed by atoms with E-state index in [4.69, 9.17) is 48.4 Å². The lowest BCUT2D eigenvalue weighted by atomic mass is 9.96. The normalized spacial score (nSPS) is 26.2. The third kappa shape index (κ3) is 14.7. The Bertz CT molecular complexity index is 1560. The molecule has 336 valence electrons. The molecule has 21 nitrogen and oxygen atoms in total. The third-order valence-corrected chi connectivity index (χ3v) is 12.5. The number of carbonyl (C=O) groups is 4. The SMILES string of the molecule is CC(=O)N[C@H]1[C@H](OCCOCCOCCOCCP(N(C(C)C)C(C)C)[C@]2(n3ccc(N)nc3=O)C[C@H](O)[C@@H](CO)O2)O[C@H](COC(C)=O)[C@H](OC(C)=O)[C@@H]1OC(C)=O. The molecule has 1 amide bonds. The van der Waals surface area contributed by atoms with Crippen molar-refractivity contribution in [2.24, 2.45) is 0 Å². The monoisotopic (exact) mass is 863 g/mol. The highest BCUT2D eigenvalue weighted by Crippen LogP contribution is 2.62. The molecule has 0 radical (unpaired) electrons. The van der Waals surface area contributed by atoms with Crippen LogP contribution in [0.15, 0.2) is 17.1 Å². The zero-order valence-electron chi connectivity index (χ0n) is 35.1. The molecular weight excluding hydrogens is 801 g/mol. The van der Waals surface area contributed by atoms with Crippen molar-refractivity contribution in [1.82, 2.24) is 19.5 Å². The first-order valence-electron chi connectivity index (χ1n) is 19.5. The van der Waals surface area contributed by atoms with E-state index in [1.807, 2.05) is 27.7 Å². The predicted octanol–water partition coefficient (Wildman–Crippen LogP) is -0.184. The smallest absolute Gasteiger partial charge is 0.352 e. The van der Waals surface area contributed by atoms with E-state index in [-0.39, 0.29) is 77.2 Å². The quantitative estimate of drug-likeness (QED) is 0.0454. The molecule has 5 N–H and O–H groups in total. The first-order chi connectivity index (χ1) is 27.9. The molecule has 0 spiro atoms. The highest BCUT2D eigenvalue weighted by atomic mass is 31.1. The topological polar surface area (TPSA) is 268 Å². The van der Waals surface area contributed by atoms with Gasteiger partial charge >= 0.3 is 23.6 Å². The number of aromatic nitrogens is 2. The predicted molar refractivity (Wildman–Crippen MR) is 210 cm³/mol. The second-order valence-electron chi connectivity index (χ2n) is 14.5. The Kier molecular flexibility index (Phi) is 20.5. The third-order valence-electron chi connectivity index (χ3n) is 9.14. The van der Waals surface area contributed by atoms with Gasteiger partial charge in [0.05, 0.1) is 59.0 Å². The number of nitrogens with one attached hydrogen (secondary N) is 1. The number of aliphatic hydroxyl groups is 2. The average Bonchev–Trinajstić information content (AvgIpc) is 3.48. The van der Waals surface area contributed by atoms with Gasteiger partial charge in [0.15, 0.2) is 24.0 Å². The maximum Gasteiger partial charge on any atom is 0.352 e. The number of hydrogen-bond acceptors (Lipinski definition) is 19. The number of nitrogens with zero attached hydrogens (tertiary/aromatic N) is 3. The zero-order chi connectivity index (χ0) is 43.9. The summed E-state index contributed by atoms with van der Waals surface area (Å²) in [7, 11) is -1.38. The number of nitrogens with two attached hydrogens (primary N) is 1. The average molecular weight is 864 g/mol. The molecule has 1 aromatic rings. The molecule has 0 bridgehead atoms. The van der Waals surface area contributed by atoms with Crippen LogP contribution in [0.25, 0.3) is 0 Å². The standard InChI is InChI=1S/C37H62N5O16P/c1-22(2)42(23(3)4)59(37(19-28(48)29(20-43)58-37)41-10-9-31(38)40-36(41)49)18-17-52-14-13-50-11-12-51-15-16-53-35-32(39-24(5)44)34(56-27(8)47)33(55-26(7)46)30(57-35)21-54-25(6)45/h9-10,22-23,28-30,32-35,43,48H,11-21H2,1-8H3,(H,39,44)(H2,38,40,49)/t28-,29+,30+,32+,33-,34+,35+,37-,59?/m0/s1. The molecule has 0 aromatic carbocycles. The number of esters is 3. The van der Waals surface area contributed by atoms with Gasteiger partial charge in [-0.15, -0.1) is 0 Å². The van der Waals surface area contributed by atoms with Crippen LogP contribution in [-0.4, -0.2) is 169 Å². The van der Waals surface area contributed by atoms with Crippen LogP contribution in [0.3, 0.4) is 0 Å². The van der Waals surface area contributed by atoms with Crippen LogP contribution in [0, 0.1) is 0 Å². The summed E-state index contributed by atoms with van der Waals surface area (Å²) < 4.78 is 55.2. The second kappa shape index (κ2) is 24.2. The summed E-state index contributed by atoms with van der Waals surface area (Å²) in [5.74, 6) is -2.49. The number of nitrogen functional groups attached to an aromatic ring is 1.